The van der Waals surface area contributed by atoms with Crippen molar-refractivity contribution in [1.29, 1.82) is 0 Å². The van der Waals surface area contributed by atoms with E-state index in [1.54, 1.807) is 11.2 Å². The van der Waals surface area contributed by atoms with Gasteiger partial charge in [-0.15, -0.1) is 0 Å². The molecule has 1 aliphatic heterocycles. The minimum absolute atomic E-state index is 0.104. The molecular formula is C22H24N4O3. The van der Waals surface area contributed by atoms with Crippen LogP contribution in [0.2, 0.25) is 0 Å². The van der Waals surface area contributed by atoms with Crippen molar-refractivity contribution in [3.8, 4) is 0 Å². The third kappa shape index (κ3) is 4.25. The summed E-state index contributed by atoms with van der Waals surface area (Å²) in [5.41, 5.74) is 8.39. The van der Waals surface area contributed by atoms with E-state index in [-0.39, 0.29) is 11.9 Å². The topological polar surface area (TPSA) is 91.8 Å². The summed E-state index contributed by atoms with van der Waals surface area (Å²) in [5, 5.41) is 3.99. The first-order valence-electron chi connectivity index (χ1n) is 9.69. The Morgan fingerprint density at radius 2 is 1.79 bits per heavy atom. The van der Waals surface area contributed by atoms with Crippen molar-refractivity contribution in [3.05, 3.63) is 72.0 Å². The van der Waals surface area contributed by atoms with E-state index >= 15 is 0 Å². The Morgan fingerprint density at radius 1 is 1.03 bits per heavy atom. The zero-order valence-corrected chi connectivity index (χ0v) is 16.1. The highest BCUT2D eigenvalue weighted by atomic mass is 16.3. The van der Waals surface area contributed by atoms with E-state index < -0.39 is 6.04 Å². The number of carbonyl (C=O) groups excluding carboxylic acids is 2. The number of hydrogen-bond donors (Lipinski definition) is 2. The van der Waals surface area contributed by atoms with Gasteiger partial charge >= 0.3 is 6.03 Å². The van der Waals surface area contributed by atoms with Crippen LogP contribution in [0.15, 0.2) is 65.3 Å². The Bertz CT molecular complexity index is 993. The molecule has 3 amide bonds. The molecule has 150 valence electrons. The summed E-state index contributed by atoms with van der Waals surface area (Å²) in [4.78, 5) is 28.4. The normalized spacial score (nSPS) is 15.9. The molecule has 1 fully saturated rings. The lowest BCUT2D eigenvalue weighted by molar-refractivity contribution is -0.124. The van der Waals surface area contributed by atoms with Crippen LogP contribution in [-0.4, -0.2) is 47.9 Å². The van der Waals surface area contributed by atoms with Gasteiger partial charge in [0.05, 0.1) is 6.26 Å². The number of urea groups is 1. The summed E-state index contributed by atoms with van der Waals surface area (Å²) < 4.78 is 5.34. The Morgan fingerprint density at radius 3 is 2.52 bits per heavy atom. The van der Waals surface area contributed by atoms with Gasteiger partial charge in [-0.25, -0.2) is 4.79 Å². The van der Waals surface area contributed by atoms with E-state index in [1.165, 1.54) is 0 Å². The maximum absolute atomic E-state index is 12.6. The Labute approximate surface area is 169 Å². The first-order chi connectivity index (χ1) is 14.1. The molecule has 3 aromatic rings. The highest BCUT2D eigenvalue weighted by molar-refractivity contribution is 5.81. The quantitative estimate of drug-likeness (QED) is 0.698. The average Bonchev–Trinajstić information content (AvgIpc) is 3.21. The molecule has 2 aromatic carbocycles. The maximum Gasteiger partial charge on any atom is 0.317 e. The second kappa shape index (κ2) is 8.36. The average molecular weight is 392 g/mol. The van der Waals surface area contributed by atoms with Crippen molar-refractivity contribution < 1.29 is 14.0 Å². The van der Waals surface area contributed by atoms with Gasteiger partial charge in [0.2, 0.25) is 5.91 Å². The molecule has 2 heterocycles. The molecule has 0 bridgehead atoms. The minimum Gasteiger partial charge on any atom is -0.464 e. The SMILES string of the molecule is NC(=O)C(c1ccccc1)N1CCN(C(=O)NCc2ccc3occc3c2)CC1. The summed E-state index contributed by atoms with van der Waals surface area (Å²) in [6.45, 7) is 2.73. The fraction of sp³-hybridized carbons (Fsp3) is 0.273. The molecular weight excluding hydrogens is 368 g/mol. The molecule has 1 atom stereocenters. The van der Waals surface area contributed by atoms with E-state index in [9.17, 15) is 9.59 Å². The highest BCUT2D eigenvalue weighted by Crippen LogP contribution is 2.22. The molecule has 4 rings (SSSR count). The molecule has 1 saturated heterocycles. The predicted octanol–water partition coefficient (Wildman–Crippen LogP) is 2.49. The van der Waals surface area contributed by atoms with Crippen molar-refractivity contribution >= 4 is 22.9 Å². The number of fused-ring (bicyclic) bond motifs is 1. The van der Waals surface area contributed by atoms with Gasteiger partial charge in [-0.05, 0) is 29.3 Å². The van der Waals surface area contributed by atoms with E-state index in [0.29, 0.717) is 32.7 Å². The number of nitrogens with zero attached hydrogens (tertiary/aromatic N) is 2. The highest BCUT2D eigenvalue weighted by Gasteiger charge is 2.30. The van der Waals surface area contributed by atoms with Crippen molar-refractivity contribution in [3.63, 3.8) is 0 Å². The van der Waals surface area contributed by atoms with Crippen LogP contribution in [0.5, 0.6) is 0 Å². The van der Waals surface area contributed by atoms with Gasteiger partial charge in [0.1, 0.15) is 11.6 Å². The van der Waals surface area contributed by atoms with Gasteiger partial charge in [-0.3, -0.25) is 9.69 Å². The second-order valence-corrected chi connectivity index (χ2v) is 7.19. The van der Waals surface area contributed by atoms with Crippen LogP contribution in [0.25, 0.3) is 11.0 Å². The number of primary amides is 1. The van der Waals surface area contributed by atoms with Crippen molar-refractivity contribution in [2.45, 2.75) is 12.6 Å². The summed E-state index contributed by atoms with van der Waals surface area (Å²) in [6.07, 6.45) is 1.65. The molecule has 1 aromatic heterocycles. The lowest BCUT2D eigenvalue weighted by Gasteiger charge is -2.38. The van der Waals surface area contributed by atoms with Crippen LogP contribution in [0.1, 0.15) is 17.2 Å². The van der Waals surface area contributed by atoms with Gasteiger partial charge < -0.3 is 20.4 Å². The minimum atomic E-state index is -0.469. The predicted molar refractivity (Wildman–Crippen MR) is 110 cm³/mol. The van der Waals surface area contributed by atoms with Crippen molar-refractivity contribution in [2.75, 3.05) is 26.2 Å². The zero-order valence-electron chi connectivity index (χ0n) is 16.1. The molecule has 7 heteroatoms. The third-order valence-corrected chi connectivity index (χ3v) is 5.31. The Balaban J connectivity index is 1.32. The molecule has 1 aliphatic rings. The van der Waals surface area contributed by atoms with Gasteiger partial charge in [-0.2, -0.15) is 0 Å². The van der Waals surface area contributed by atoms with Crippen molar-refractivity contribution in [1.82, 2.24) is 15.1 Å². The standard InChI is InChI=1S/C22H24N4O3/c23-21(27)20(17-4-2-1-3-5-17)25-9-11-26(12-10-25)22(28)24-15-16-6-7-19-18(14-16)8-13-29-19/h1-8,13-14,20H,9-12,15H2,(H2,23,27)(H,24,28). The number of nitrogens with two attached hydrogens (primary N) is 1. The van der Waals surface area contributed by atoms with E-state index in [2.05, 4.69) is 5.32 Å². The smallest absolute Gasteiger partial charge is 0.317 e. The Hall–Kier alpha value is -3.32. The fourth-order valence-electron chi connectivity index (χ4n) is 3.79. The number of amides is 3. The van der Waals surface area contributed by atoms with Crippen LogP contribution in [0.4, 0.5) is 4.79 Å². The summed E-state index contributed by atoms with van der Waals surface area (Å²) >= 11 is 0. The first-order valence-corrected chi connectivity index (χ1v) is 9.69. The molecule has 0 aliphatic carbocycles. The molecule has 0 spiro atoms. The summed E-state index contributed by atoms with van der Waals surface area (Å²) in [7, 11) is 0. The molecule has 1 unspecified atom stereocenters. The first kappa shape index (κ1) is 19.0. The van der Waals surface area contributed by atoms with Crippen LogP contribution in [0.3, 0.4) is 0 Å². The van der Waals surface area contributed by atoms with Crippen LogP contribution < -0.4 is 11.1 Å². The molecule has 3 N–H and O–H groups in total. The lowest BCUT2D eigenvalue weighted by Crippen LogP contribution is -2.53. The van der Waals surface area contributed by atoms with Crippen LogP contribution in [0, 0.1) is 0 Å². The van der Waals surface area contributed by atoms with E-state index in [1.807, 2.05) is 59.5 Å². The maximum atomic E-state index is 12.6. The monoisotopic (exact) mass is 392 g/mol. The second-order valence-electron chi connectivity index (χ2n) is 7.19. The number of nitrogens with one attached hydrogen (secondary N) is 1. The lowest BCUT2D eigenvalue weighted by atomic mass is 10.0. The van der Waals surface area contributed by atoms with Crippen LogP contribution >= 0.6 is 0 Å². The molecule has 0 radical (unpaired) electrons. The third-order valence-electron chi connectivity index (χ3n) is 5.31. The number of piperazine rings is 1. The van der Waals surface area contributed by atoms with Crippen LogP contribution in [-0.2, 0) is 11.3 Å². The zero-order chi connectivity index (χ0) is 20.2. The number of furan rings is 1. The fourth-order valence-corrected chi connectivity index (χ4v) is 3.79. The Kier molecular flexibility index (Phi) is 5.48. The van der Waals surface area contributed by atoms with Gasteiger partial charge in [0.25, 0.3) is 0 Å². The van der Waals surface area contributed by atoms with E-state index in [4.69, 9.17) is 10.2 Å². The number of benzene rings is 2. The van der Waals surface area contributed by atoms with Gasteiger partial charge in [-0.1, -0.05) is 36.4 Å². The molecule has 7 nitrogen and oxygen atoms in total. The van der Waals surface area contributed by atoms with E-state index in [0.717, 1.165) is 22.1 Å². The summed E-state index contributed by atoms with van der Waals surface area (Å²) in [6, 6.07) is 16.7. The van der Waals surface area contributed by atoms with Crippen molar-refractivity contribution in [2.24, 2.45) is 5.73 Å². The number of hydrogen-bond acceptors (Lipinski definition) is 4. The number of carbonyl (C=O) groups is 2. The molecule has 29 heavy (non-hydrogen) atoms. The largest absolute Gasteiger partial charge is 0.464 e. The van der Waals surface area contributed by atoms with Gasteiger partial charge in [0.15, 0.2) is 0 Å². The molecule has 0 saturated carbocycles. The summed E-state index contributed by atoms with van der Waals surface area (Å²) in [5.74, 6) is -0.372. The number of rotatable bonds is 5. The van der Waals surface area contributed by atoms with Gasteiger partial charge in [0, 0.05) is 38.1 Å².